The molecule has 0 unspecified atom stereocenters. The Morgan fingerprint density at radius 2 is 1.36 bits per heavy atom. The molecule has 0 aliphatic rings. The molecule has 0 saturated heterocycles. The quantitative estimate of drug-likeness (QED) is 0.217. The fourth-order valence-electron chi connectivity index (χ4n) is 3.61. The van der Waals surface area contributed by atoms with Gasteiger partial charge in [-0.25, -0.2) is 4.79 Å². The topological polar surface area (TPSA) is 64.0 Å². The first kappa shape index (κ1) is 28.5. The van der Waals surface area contributed by atoms with Gasteiger partial charge in [0.2, 0.25) is 5.91 Å². The number of carbonyl (C=O) groups excluding carboxylic acids is 1. The molecule has 0 radical (unpaired) electrons. The third-order valence-corrected chi connectivity index (χ3v) is 5.52. The first-order valence-electron chi connectivity index (χ1n) is 12.9. The zero-order valence-corrected chi connectivity index (χ0v) is 20.9. The van der Waals surface area contributed by atoms with Crippen molar-refractivity contribution < 1.29 is 4.79 Å². The second-order valence-electron chi connectivity index (χ2n) is 8.67. The predicted molar refractivity (Wildman–Crippen MR) is 138 cm³/mol. The second kappa shape index (κ2) is 20.1. The first-order chi connectivity index (χ1) is 16.1. The molecule has 0 atom stereocenters. The van der Waals surface area contributed by atoms with Crippen LogP contribution in [0.2, 0.25) is 0 Å². The largest absolute Gasteiger partial charge is 0.349 e. The van der Waals surface area contributed by atoms with Gasteiger partial charge >= 0.3 is 5.69 Å². The Kier molecular flexibility index (Phi) is 17.4. The van der Waals surface area contributed by atoms with Crippen molar-refractivity contribution in [2.24, 2.45) is 0 Å². The fourth-order valence-corrected chi connectivity index (χ4v) is 3.61. The third-order valence-electron chi connectivity index (χ3n) is 5.52. The molecule has 0 fully saturated rings. The van der Waals surface area contributed by atoms with E-state index in [9.17, 15) is 9.59 Å². The van der Waals surface area contributed by atoms with E-state index in [1.807, 2.05) is 0 Å². The molecule has 1 aromatic heterocycles. The lowest BCUT2D eigenvalue weighted by Gasteiger charge is -2.06. The fraction of sp³-hybridized carbons (Fsp3) is 0.679. The molecule has 0 bridgehead atoms. The van der Waals surface area contributed by atoms with Gasteiger partial charge in [0.05, 0.1) is 0 Å². The van der Waals surface area contributed by atoms with Gasteiger partial charge in [0.15, 0.2) is 0 Å². The molecule has 0 aliphatic heterocycles. The molecule has 0 aliphatic carbocycles. The average molecular weight is 454 g/mol. The van der Waals surface area contributed by atoms with E-state index in [0.717, 1.165) is 32.1 Å². The van der Waals surface area contributed by atoms with Crippen LogP contribution in [-0.2, 0) is 11.3 Å². The lowest BCUT2D eigenvalue weighted by Crippen LogP contribution is -2.24. The molecular formula is C28H43N3O2. The number of aromatic nitrogens is 2. The monoisotopic (exact) mass is 453 g/mol. The van der Waals surface area contributed by atoms with E-state index in [0.29, 0.717) is 12.4 Å². The highest BCUT2D eigenvalue weighted by Crippen LogP contribution is 2.09. The second-order valence-corrected chi connectivity index (χ2v) is 8.67. The van der Waals surface area contributed by atoms with Gasteiger partial charge in [-0.3, -0.25) is 9.36 Å². The van der Waals surface area contributed by atoms with Crippen molar-refractivity contribution in [2.45, 2.75) is 123 Å². The zero-order chi connectivity index (χ0) is 24.0. The van der Waals surface area contributed by atoms with E-state index in [4.69, 9.17) is 0 Å². The summed E-state index contributed by atoms with van der Waals surface area (Å²) in [7, 11) is 0. The van der Waals surface area contributed by atoms with E-state index in [1.54, 1.807) is 16.8 Å². The van der Waals surface area contributed by atoms with Gasteiger partial charge < -0.3 is 5.32 Å². The number of carbonyl (C=O) groups is 1. The van der Waals surface area contributed by atoms with Crippen molar-refractivity contribution >= 4 is 11.7 Å². The predicted octanol–water partition coefficient (Wildman–Crippen LogP) is 6.47. The van der Waals surface area contributed by atoms with E-state index >= 15 is 0 Å². The Bertz CT molecular complexity index is 836. The molecule has 0 saturated carbocycles. The van der Waals surface area contributed by atoms with Gasteiger partial charge in [-0.05, 0) is 37.2 Å². The summed E-state index contributed by atoms with van der Waals surface area (Å²) in [5.74, 6) is 12.4. The summed E-state index contributed by atoms with van der Waals surface area (Å²) in [6.45, 7) is 4.32. The smallest absolute Gasteiger partial charge is 0.311 e. The summed E-state index contributed by atoms with van der Waals surface area (Å²) in [6, 6.07) is 1.66. The summed E-state index contributed by atoms with van der Waals surface area (Å²) < 4.78 is 1.60. The molecule has 0 aromatic carbocycles. The maximum absolute atomic E-state index is 11.9. The Balaban J connectivity index is 1.94. The molecule has 1 aromatic rings. The molecule has 1 rings (SSSR count). The molecule has 182 valence electrons. The van der Waals surface area contributed by atoms with Gasteiger partial charge in [-0.15, -0.1) is 0 Å². The maximum Gasteiger partial charge on any atom is 0.349 e. The highest BCUT2D eigenvalue weighted by molar-refractivity contribution is 5.87. The lowest BCUT2D eigenvalue weighted by atomic mass is 10.1. The van der Waals surface area contributed by atoms with Gasteiger partial charge in [0.25, 0.3) is 0 Å². The van der Waals surface area contributed by atoms with Crippen molar-refractivity contribution in [3.05, 3.63) is 22.7 Å². The van der Waals surface area contributed by atoms with Crippen molar-refractivity contribution in [1.82, 2.24) is 9.55 Å². The summed E-state index contributed by atoms with van der Waals surface area (Å²) in [6.07, 6.45) is 21.0. The van der Waals surface area contributed by atoms with E-state index in [-0.39, 0.29) is 11.6 Å². The van der Waals surface area contributed by atoms with Crippen LogP contribution >= 0.6 is 0 Å². The van der Waals surface area contributed by atoms with Gasteiger partial charge in [-0.2, -0.15) is 4.98 Å². The number of nitrogens with zero attached hydrogens (tertiary/aromatic N) is 2. The Labute approximate surface area is 201 Å². The molecule has 1 heterocycles. The van der Waals surface area contributed by atoms with E-state index < -0.39 is 0 Å². The van der Waals surface area contributed by atoms with Crippen molar-refractivity contribution in [1.29, 1.82) is 0 Å². The summed E-state index contributed by atoms with van der Waals surface area (Å²) in [5.41, 5.74) is -0.315. The van der Waals surface area contributed by atoms with E-state index in [1.165, 1.54) is 77.6 Å². The van der Waals surface area contributed by atoms with Crippen LogP contribution in [0.3, 0.4) is 0 Å². The highest BCUT2D eigenvalue weighted by atomic mass is 16.2. The summed E-state index contributed by atoms with van der Waals surface area (Å²) in [4.78, 5) is 26.8. The van der Waals surface area contributed by atoms with Gasteiger partial charge in [-0.1, -0.05) is 89.4 Å². The van der Waals surface area contributed by atoms with Crippen LogP contribution in [0, 0.1) is 23.7 Å². The normalized spacial score (nSPS) is 10.1. The van der Waals surface area contributed by atoms with Crippen LogP contribution in [0.15, 0.2) is 17.1 Å². The number of hydrogen-bond acceptors (Lipinski definition) is 3. The number of rotatable bonds is 17. The average Bonchev–Trinajstić information content (AvgIpc) is 2.78. The molecule has 1 amide bonds. The molecule has 0 spiro atoms. The standard InChI is InChI=1S/C28H43N3O2/c1-3-4-5-6-7-8-9-10-11-12-13-14-15-16-17-18-19-20-21-22-24-31-25-23-27(29-26(2)32)30-28(31)33/h23,25H,3-10,15-22,24H2,1-2H3,(H,29,30,32,33). The number of nitrogens with one attached hydrogen (secondary N) is 1. The van der Waals surface area contributed by atoms with Crippen molar-refractivity contribution in [2.75, 3.05) is 5.32 Å². The Morgan fingerprint density at radius 3 is 1.88 bits per heavy atom. The molecule has 5 nitrogen and oxygen atoms in total. The SMILES string of the molecule is CCCCCCCCCC#CC#CCCCCCCCCCn1ccc(NC(C)=O)nc1=O. The maximum atomic E-state index is 11.9. The number of anilines is 1. The van der Waals surface area contributed by atoms with Gasteiger partial charge in [0.1, 0.15) is 5.82 Å². The van der Waals surface area contributed by atoms with Crippen molar-refractivity contribution in [3.63, 3.8) is 0 Å². The van der Waals surface area contributed by atoms with Crippen LogP contribution in [0.4, 0.5) is 5.82 Å². The van der Waals surface area contributed by atoms with Crippen LogP contribution in [-0.4, -0.2) is 15.5 Å². The molecule has 5 heteroatoms. The van der Waals surface area contributed by atoms with E-state index in [2.05, 4.69) is 40.9 Å². The minimum atomic E-state index is -0.315. The summed E-state index contributed by atoms with van der Waals surface area (Å²) >= 11 is 0. The Morgan fingerprint density at radius 1 is 0.848 bits per heavy atom. The van der Waals surface area contributed by atoms with Crippen LogP contribution < -0.4 is 11.0 Å². The van der Waals surface area contributed by atoms with Crippen molar-refractivity contribution in [3.8, 4) is 23.7 Å². The number of amides is 1. The zero-order valence-electron chi connectivity index (χ0n) is 20.9. The molecule has 33 heavy (non-hydrogen) atoms. The van der Waals surface area contributed by atoms with Crippen LogP contribution in [0.25, 0.3) is 0 Å². The number of aryl methyl sites for hydroxylation is 1. The minimum absolute atomic E-state index is 0.227. The minimum Gasteiger partial charge on any atom is -0.311 e. The first-order valence-corrected chi connectivity index (χ1v) is 12.9. The highest BCUT2D eigenvalue weighted by Gasteiger charge is 2.01. The molecule has 1 N–H and O–H groups in total. The lowest BCUT2D eigenvalue weighted by molar-refractivity contribution is -0.114. The van der Waals surface area contributed by atoms with Crippen LogP contribution in [0.1, 0.15) is 117 Å². The Hall–Kier alpha value is -2.53. The molecular weight excluding hydrogens is 410 g/mol. The number of hydrogen-bond donors (Lipinski definition) is 1. The summed E-state index contributed by atoms with van der Waals surface area (Å²) in [5, 5.41) is 2.52. The van der Waals surface area contributed by atoms with Crippen LogP contribution in [0.5, 0.6) is 0 Å². The number of unbranched alkanes of at least 4 members (excludes halogenated alkanes) is 14. The van der Waals surface area contributed by atoms with Gasteiger partial charge in [0, 0.05) is 32.5 Å². The third kappa shape index (κ3) is 16.7.